The third kappa shape index (κ3) is 3.90. The number of aliphatic hydroxyl groups is 2. The quantitative estimate of drug-likeness (QED) is 0.521. The summed E-state index contributed by atoms with van der Waals surface area (Å²) in [5.41, 5.74) is 2.59. The molecule has 2 aliphatic heterocycles. The van der Waals surface area contributed by atoms with Gasteiger partial charge in [0, 0.05) is 0 Å². The molecule has 0 radical (unpaired) electrons. The van der Waals surface area contributed by atoms with Crippen molar-refractivity contribution in [2.45, 2.75) is 62.5 Å². The van der Waals surface area contributed by atoms with Crippen LogP contribution in [0.15, 0.2) is 45.7 Å². The Labute approximate surface area is 201 Å². The Morgan fingerprint density at radius 1 is 0.722 bits per heavy atom. The third-order valence-electron chi connectivity index (χ3n) is 7.14. The minimum Gasteiger partial charge on any atom is -0.349 e. The topological polar surface area (TPSA) is 83.6 Å². The fourth-order valence-corrected chi connectivity index (χ4v) is 5.22. The molecule has 2 N–H and O–H groups in total. The Balaban J connectivity index is 1.35. The first-order valence-corrected chi connectivity index (χ1v) is 11.5. The lowest BCUT2D eigenvalue weighted by molar-refractivity contribution is -0.370. The number of fused-ring (bicyclic) bond motifs is 2. The number of hydrogen-bond donors (Lipinski definition) is 2. The highest BCUT2D eigenvalue weighted by atomic mass is 19.4. The van der Waals surface area contributed by atoms with Crippen molar-refractivity contribution in [3.8, 4) is 0 Å². The molecular weight excluding hydrogens is 494 g/mol. The first kappa shape index (κ1) is 24.8. The van der Waals surface area contributed by atoms with Gasteiger partial charge in [0.05, 0.1) is 23.3 Å². The van der Waals surface area contributed by atoms with Crippen LogP contribution in [0.25, 0.3) is 12.2 Å². The predicted molar refractivity (Wildman–Crippen MR) is 116 cm³/mol. The van der Waals surface area contributed by atoms with Gasteiger partial charge in [0.25, 0.3) is 0 Å². The monoisotopic (exact) mass is 516 g/mol. The first-order chi connectivity index (χ1) is 16.8. The minimum atomic E-state index is -4.98. The van der Waals surface area contributed by atoms with Gasteiger partial charge in [-0.05, 0) is 73.0 Å². The summed E-state index contributed by atoms with van der Waals surface area (Å²) in [5.74, 6) is -9.27. The minimum absolute atomic E-state index is 0.0805. The van der Waals surface area contributed by atoms with Gasteiger partial charge in [-0.1, -0.05) is 34.6 Å². The Hall–Kier alpha value is -2.86. The van der Waals surface area contributed by atoms with Crippen LogP contribution < -0.4 is 0 Å². The highest BCUT2D eigenvalue weighted by Crippen LogP contribution is 2.49. The number of benzene rings is 1. The smallest absolute Gasteiger partial charge is 0.349 e. The molecule has 1 aromatic carbocycles. The number of nitrogens with zero attached hydrogens (tertiary/aromatic N) is 2. The second-order valence-corrected chi connectivity index (χ2v) is 9.42. The van der Waals surface area contributed by atoms with E-state index in [9.17, 15) is 36.6 Å². The van der Waals surface area contributed by atoms with Crippen LogP contribution in [-0.4, -0.2) is 45.6 Å². The second-order valence-electron chi connectivity index (χ2n) is 9.42. The lowest BCUT2D eigenvalue weighted by atomic mass is 9.78. The summed E-state index contributed by atoms with van der Waals surface area (Å²) in [5, 5.41) is 27.2. The van der Waals surface area contributed by atoms with Crippen LogP contribution >= 0.6 is 0 Å². The van der Waals surface area contributed by atoms with Crippen molar-refractivity contribution in [3.05, 3.63) is 46.5 Å². The van der Waals surface area contributed by atoms with E-state index in [4.69, 9.17) is 0 Å². The summed E-state index contributed by atoms with van der Waals surface area (Å²) in [6, 6.07) is 6.87. The molecule has 0 aromatic heterocycles. The van der Waals surface area contributed by atoms with Crippen LogP contribution in [0, 0.1) is 11.8 Å². The molecule has 12 heteroatoms. The van der Waals surface area contributed by atoms with Crippen LogP contribution in [0.1, 0.15) is 49.7 Å². The van der Waals surface area contributed by atoms with E-state index >= 15 is 0 Å². The van der Waals surface area contributed by atoms with Gasteiger partial charge in [0.2, 0.25) is 0 Å². The zero-order valence-corrected chi connectivity index (χ0v) is 18.7. The average Bonchev–Trinajstić information content (AvgIpc) is 3.35. The van der Waals surface area contributed by atoms with Gasteiger partial charge in [0.1, 0.15) is 0 Å². The molecule has 0 amide bonds. The zero-order chi connectivity index (χ0) is 25.9. The summed E-state index contributed by atoms with van der Waals surface area (Å²) in [6.07, 6.45) is -4.61. The van der Waals surface area contributed by atoms with Crippen LogP contribution in [0.2, 0.25) is 0 Å². The van der Waals surface area contributed by atoms with Crippen molar-refractivity contribution < 1.29 is 46.2 Å². The summed E-state index contributed by atoms with van der Waals surface area (Å²) in [7, 11) is 0. The summed E-state index contributed by atoms with van der Waals surface area (Å²) < 4.78 is 80.0. The van der Waals surface area contributed by atoms with Gasteiger partial charge in [-0.25, -0.2) is 0 Å². The van der Waals surface area contributed by atoms with E-state index in [1.54, 1.807) is 36.4 Å². The number of hydrogen-bond acceptors (Lipinski definition) is 6. The summed E-state index contributed by atoms with van der Waals surface area (Å²) in [6.45, 7) is 0. The molecule has 4 unspecified atom stereocenters. The van der Waals surface area contributed by atoms with Crippen LogP contribution in [0.4, 0.5) is 26.3 Å². The molecule has 2 fully saturated rings. The molecule has 6 nitrogen and oxygen atoms in total. The number of oxime groups is 2. The van der Waals surface area contributed by atoms with Crippen LogP contribution in [0.5, 0.6) is 0 Å². The molecule has 4 atom stereocenters. The van der Waals surface area contributed by atoms with E-state index in [0.29, 0.717) is 48.0 Å². The van der Waals surface area contributed by atoms with Gasteiger partial charge >= 0.3 is 23.9 Å². The van der Waals surface area contributed by atoms with Crippen molar-refractivity contribution in [3.63, 3.8) is 0 Å². The van der Waals surface area contributed by atoms with Gasteiger partial charge in [-0.15, -0.1) is 0 Å². The molecule has 36 heavy (non-hydrogen) atoms. The van der Waals surface area contributed by atoms with Crippen molar-refractivity contribution >= 4 is 23.6 Å². The molecule has 1 aromatic rings. The number of allylic oxidation sites excluding steroid dienone is 2. The maximum absolute atomic E-state index is 13.3. The SMILES string of the molecule is OC1(C(F)(F)F)ON=C2C(=Cc3ccc(C=C4CCCC5C4=NOC5(O)C(F)(F)F)cc3)CCCC21. The molecule has 5 rings (SSSR count). The molecule has 0 spiro atoms. The van der Waals surface area contributed by atoms with Crippen LogP contribution in [-0.2, 0) is 9.68 Å². The van der Waals surface area contributed by atoms with Crippen molar-refractivity contribution in [2.24, 2.45) is 22.1 Å². The van der Waals surface area contributed by atoms with E-state index in [1.165, 1.54) is 0 Å². The fourth-order valence-electron chi connectivity index (χ4n) is 5.22. The lowest BCUT2D eigenvalue weighted by Gasteiger charge is -2.32. The Bertz CT molecular complexity index is 1080. The Kier molecular flexibility index (Phi) is 5.75. The molecule has 194 valence electrons. The summed E-state index contributed by atoms with van der Waals surface area (Å²) in [4.78, 5) is 8.91. The van der Waals surface area contributed by atoms with E-state index in [-0.39, 0.29) is 24.3 Å². The van der Waals surface area contributed by atoms with E-state index in [1.807, 2.05) is 0 Å². The van der Waals surface area contributed by atoms with E-state index < -0.39 is 35.8 Å². The van der Waals surface area contributed by atoms with Gasteiger partial charge in [-0.2, -0.15) is 26.3 Å². The fraction of sp³-hybridized carbons (Fsp3) is 0.500. The maximum atomic E-state index is 13.3. The largest absolute Gasteiger partial charge is 0.458 e. The molecule has 2 heterocycles. The normalized spacial score (nSPS) is 34.6. The number of halogens is 6. The highest BCUT2D eigenvalue weighted by Gasteiger charge is 2.67. The second kappa shape index (κ2) is 8.34. The maximum Gasteiger partial charge on any atom is 0.458 e. The summed E-state index contributed by atoms with van der Waals surface area (Å²) >= 11 is 0. The third-order valence-corrected chi connectivity index (χ3v) is 7.14. The van der Waals surface area contributed by atoms with E-state index in [0.717, 1.165) is 0 Å². The van der Waals surface area contributed by atoms with Gasteiger partial charge in [-0.3, -0.25) is 0 Å². The van der Waals surface area contributed by atoms with Crippen LogP contribution in [0.3, 0.4) is 0 Å². The molecule has 4 aliphatic rings. The lowest BCUT2D eigenvalue weighted by Crippen LogP contribution is -2.52. The average molecular weight is 516 g/mol. The zero-order valence-electron chi connectivity index (χ0n) is 18.7. The molecule has 2 saturated carbocycles. The van der Waals surface area contributed by atoms with Gasteiger partial charge in [0.15, 0.2) is 0 Å². The highest BCUT2D eigenvalue weighted by molar-refractivity contribution is 6.07. The Morgan fingerprint density at radius 3 is 1.42 bits per heavy atom. The first-order valence-electron chi connectivity index (χ1n) is 11.5. The van der Waals surface area contributed by atoms with E-state index in [2.05, 4.69) is 20.0 Å². The molecule has 0 saturated heterocycles. The Morgan fingerprint density at radius 2 is 1.08 bits per heavy atom. The van der Waals surface area contributed by atoms with Crippen molar-refractivity contribution in [2.75, 3.05) is 0 Å². The molecule has 2 aliphatic carbocycles. The number of alkyl halides is 6. The number of rotatable bonds is 2. The standard InChI is InChI=1S/C24H22F6N2O4/c25-23(26,27)21(33)17-5-1-3-15(19(17)31-35-21)11-13-7-9-14(10-8-13)12-16-4-2-6-18-20(16)32-36-22(18,34)24(28,29)30/h7-12,17-18,33-34H,1-6H2. The van der Waals surface area contributed by atoms with Gasteiger partial charge < -0.3 is 19.9 Å². The van der Waals surface area contributed by atoms with Crippen molar-refractivity contribution in [1.29, 1.82) is 0 Å². The van der Waals surface area contributed by atoms with Crippen molar-refractivity contribution in [1.82, 2.24) is 0 Å². The molecule has 0 bridgehead atoms. The molecular formula is C24H22F6N2O4. The predicted octanol–water partition coefficient (Wildman–Crippen LogP) is 5.33.